The standard InChI is InChI=1S/C16H15N5O2/c1-23-14-9-7-12(8-10-14)16(22)17-11-15-18-19-20-21(15)13-5-3-2-4-6-13/h2-10H,11H2,1H3,(H,17,22). The van der Waals surface area contributed by atoms with E-state index in [9.17, 15) is 4.79 Å². The molecule has 1 aromatic heterocycles. The predicted octanol–water partition coefficient (Wildman–Crippen LogP) is 1.60. The SMILES string of the molecule is COc1ccc(C(=O)NCc2nnnn2-c2ccccc2)cc1. The van der Waals surface area contributed by atoms with Crippen molar-refractivity contribution in [1.29, 1.82) is 0 Å². The van der Waals surface area contributed by atoms with Gasteiger partial charge in [0, 0.05) is 5.56 Å². The molecule has 0 radical (unpaired) electrons. The number of para-hydroxylation sites is 1. The van der Waals surface area contributed by atoms with E-state index in [2.05, 4.69) is 20.8 Å². The van der Waals surface area contributed by atoms with Crippen LogP contribution in [0.1, 0.15) is 16.2 Å². The number of carbonyl (C=O) groups excluding carboxylic acids is 1. The molecule has 0 aliphatic rings. The number of amides is 1. The fourth-order valence-electron chi connectivity index (χ4n) is 2.09. The molecular weight excluding hydrogens is 294 g/mol. The lowest BCUT2D eigenvalue weighted by molar-refractivity contribution is 0.0949. The van der Waals surface area contributed by atoms with Crippen LogP contribution < -0.4 is 10.1 Å². The molecule has 0 bridgehead atoms. The minimum Gasteiger partial charge on any atom is -0.497 e. The van der Waals surface area contributed by atoms with Crippen LogP contribution in [0.5, 0.6) is 5.75 Å². The number of tetrazole rings is 1. The average Bonchev–Trinajstić information content (AvgIpc) is 3.09. The number of hydrogen-bond acceptors (Lipinski definition) is 5. The van der Waals surface area contributed by atoms with Crippen molar-refractivity contribution >= 4 is 5.91 Å². The van der Waals surface area contributed by atoms with Gasteiger partial charge < -0.3 is 10.1 Å². The molecule has 2 aromatic carbocycles. The van der Waals surface area contributed by atoms with Crippen LogP contribution in [0.2, 0.25) is 0 Å². The number of nitrogens with zero attached hydrogens (tertiary/aromatic N) is 4. The Kier molecular flexibility index (Phi) is 4.28. The van der Waals surface area contributed by atoms with Crippen LogP contribution in [-0.2, 0) is 6.54 Å². The molecule has 0 aliphatic carbocycles. The highest BCUT2D eigenvalue weighted by Crippen LogP contribution is 2.11. The number of hydrogen-bond donors (Lipinski definition) is 1. The van der Waals surface area contributed by atoms with E-state index in [4.69, 9.17) is 4.74 Å². The van der Waals surface area contributed by atoms with E-state index < -0.39 is 0 Å². The average molecular weight is 309 g/mol. The Morgan fingerprint density at radius 1 is 1.13 bits per heavy atom. The number of nitrogens with one attached hydrogen (secondary N) is 1. The van der Waals surface area contributed by atoms with Crippen molar-refractivity contribution in [3.8, 4) is 11.4 Å². The molecule has 3 rings (SSSR count). The molecule has 1 N–H and O–H groups in total. The number of rotatable bonds is 5. The first kappa shape index (κ1) is 14.7. The van der Waals surface area contributed by atoms with Crippen molar-refractivity contribution in [2.75, 3.05) is 7.11 Å². The molecule has 7 heteroatoms. The molecule has 0 saturated carbocycles. The number of carbonyl (C=O) groups is 1. The second-order valence-electron chi connectivity index (χ2n) is 4.75. The fraction of sp³-hybridized carbons (Fsp3) is 0.125. The van der Waals surface area contributed by atoms with Crippen LogP contribution in [0.3, 0.4) is 0 Å². The Balaban J connectivity index is 1.69. The van der Waals surface area contributed by atoms with Crippen LogP contribution in [0.4, 0.5) is 0 Å². The molecule has 7 nitrogen and oxygen atoms in total. The molecule has 0 saturated heterocycles. The lowest BCUT2D eigenvalue weighted by Gasteiger charge is -2.07. The Morgan fingerprint density at radius 3 is 2.57 bits per heavy atom. The summed E-state index contributed by atoms with van der Waals surface area (Å²) < 4.78 is 6.66. The van der Waals surface area contributed by atoms with Gasteiger partial charge in [-0.15, -0.1) is 5.10 Å². The van der Waals surface area contributed by atoms with Crippen molar-refractivity contribution in [3.05, 3.63) is 66.0 Å². The highest BCUT2D eigenvalue weighted by Gasteiger charge is 2.11. The predicted molar refractivity (Wildman–Crippen MR) is 83.3 cm³/mol. The van der Waals surface area contributed by atoms with Crippen molar-refractivity contribution in [3.63, 3.8) is 0 Å². The number of ether oxygens (including phenoxy) is 1. The second-order valence-corrected chi connectivity index (χ2v) is 4.75. The number of benzene rings is 2. The van der Waals surface area contributed by atoms with Gasteiger partial charge in [0.2, 0.25) is 0 Å². The Hall–Kier alpha value is -3.22. The topological polar surface area (TPSA) is 81.9 Å². The Bertz CT molecular complexity index is 784. The number of aromatic nitrogens is 4. The van der Waals surface area contributed by atoms with E-state index in [1.165, 1.54) is 0 Å². The van der Waals surface area contributed by atoms with Crippen molar-refractivity contribution in [1.82, 2.24) is 25.5 Å². The molecule has 0 aliphatic heterocycles. The third-order valence-electron chi connectivity index (χ3n) is 3.29. The van der Waals surface area contributed by atoms with Crippen molar-refractivity contribution in [2.24, 2.45) is 0 Å². The van der Waals surface area contributed by atoms with Crippen molar-refractivity contribution < 1.29 is 9.53 Å². The molecule has 0 unspecified atom stereocenters. The minimum absolute atomic E-state index is 0.199. The van der Waals surface area contributed by atoms with Gasteiger partial charge in [-0.25, -0.2) is 0 Å². The molecule has 0 spiro atoms. The van der Waals surface area contributed by atoms with Gasteiger partial charge in [0.05, 0.1) is 19.3 Å². The molecule has 1 amide bonds. The van der Waals surface area contributed by atoms with Crippen LogP contribution in [-0.4, -0.2) is 33.2 Å². The van der Waals surface area contributed by atoms with E-state index in [0.29, 0.717) is 17.1 Å². The minimum atomic E-state index is -0.199. The monoisotopic (exact) mass is 309 g/mol. The van der Waals surface area contributed by atoms with Gasteiger partial charge in [-0.05, 0) is 46.8 Å². The van der Waals surface area contributed by atoms with Crippen LogP contribution in [0.15, 0.2) is 54.6 Å². The molecule has 116 valence electrons. The van der Waals surface area contributed by atoms with E-state index in [0.717, 1.165) is 5.69 Å². The van der Waals surface area contributed by atoms with E-state index in [-0.39, 0.29) is 12.5 Å². The van der Waals surface area contributed by atoms with Gasteiger partial charge in [0.15, 0.2) is 5.82 Å². The summed E-state index contributed by atoms with van der Waals surface area (Å²) in [6.07, 6.45) is 0. The Morgan fingerprint density at radius 2 is 1.87 bits per heavy atom. The molecule has 0 fully saturated rings. The first-order chi connectivity index (χ1) is 11.3. The lowest BCUT2D eigenvalue weighted by Crippen LogP contribution is -2.24. The first-order valence-electron chi connectivity index (χ1n) is 7.03. The summed E-state index contributed by atoms with van der Waals surface area (Å²) >= 11 is 0. The summed E-state index contributed by atoms with van der Waals surface area (Å²) in [5, 5.41) is 14.4. The van der Waals surface area contributed by atoms with Crippen molar-refractivity contribution in [2.45, 2.75) is 6.54 Å². The highest BCUT2D eigenvalue weighted by molar-refractivity contribution is 5.94. The van der Waals surface area contributed by atoms with Crippen LogP contribution >= 0.6 is 0 Å². The van der Waals surface area contributed by atoms with E-state index >= 15 is 0 Å². The van der Waals surface area contributed by atoms with Crippen LogP contribution in [0, 0.1) is 0 Å². The van der Waals surface area contributed by atoms with Gasteiger partial charge in [-0.1, -0.05) is 18.2 Å². The van der Waals surface area contributed by atoms with Gasteiger partial charge in [-0.2, -0.15) is 4.68 Å². The summed E-state index contributed by atoms with van der Waals surface area (Å²) in [5.74, 6) is 1.06. The third-order valence-corrected chi connectivity index (χ3v) is 3.29. The van der Waals surface area contributed by atoms with Gasteiger partial charge in [0.1, 0.15) is 5.75 Å². The summed E-state index contributed by atoms with van der Waals surface area (Å²) in [5.41, 5.74) is 1.38. The zero-order valence-electron chi connectivity index (χ0n) is 12.5. The highest BCUT2D eigenvalue weighted by atomic mass is 16.5. The second kappa shape index (κ2) is 6.69. The number of methoxy groups -OCH3 is 1. The van der Waals surface area contributed by atoms with Crippen LogP contribution in [0.25, 0.3) is 5.69 Å². The maximum Gasteiger partial charge on any atom is 0.251 e. The fourth-order valence-corrected chi connectivity index (χ4v) is 2.09. The maximum atomic E-state index is 12.2. The first-order valence-corrected chi connectivity index (χ1v) is 7.03. The molecule has 0 atom stereocenters. The zero-order chi connectivity index (χ0) is 16.1. The molecular formula is C16H15N5O2. The lowest BCUT2D eigenvalue weighted by atomic mass is 10.2. The summed E-state index contributed by atoms with van der Waals surface area (Å²) in [6.45, 7) is 0.229. The largest absolute Gasteiger partial charge is 0.497 e. The third kappa shape index (κ3) is 3.34. The van der Waals surface area contributed by atoms with E-state index in [1.807, 2.05) is 30.3 Å². The smallest absolute Gasteiger partial charge is 0.251 e. The van der Waals surface area contributed by atoms with Gasteiger partial charge in [0.25, 0.3) is 5.91 Å². The Labute approximate surface area is 132 Å². The summed E-state index contributed by atoms with van der Waals surface area (Å²) in [6, 6.07) is 16.4. The summed E-state index contributed by atoms with van der Waals surface area (Å²) in [7, 11) is 1.58. The molecule has 23 heavy (non-hydrogen) atoms. The normalized spacial score (nSPS) is 10.3. The zero-order valence-corrected chi connectivity index (χ0v) is 12.5. The quantitative estimate of drug-likeness (QED) is 0.774. The molecule has 1 heterocycles. The van der Waals surface area contributed by atoms with Gasteiger partial charge in [-0.3, -0.25) is 4.79 Å². The maximum absolute atomic E-state index is 12.2. The molecule has 3 aromatic rings. The van der Waals surface area contributed by atoms with E-state index in [1.54, 1.807) is 36.1 Å². The summed E-state index contributed by atoms with van der Waals surface area (Å²) in [4.78, 5) is 12.2. The van der Waals surface area contributed by atoms with Gasteiger partial charge >= 0.3 is 0 Å².